The number of hydrogen-bond donors (Lipinski definition) is 3. The first-order chi connectivity index (χ1) is 10.8. The number of aromatic nitrogens is 2. The van der Waals surface area contributed by atoms with Gasteiger partial charge in [-0.1, -0.05) is 6.07 Å². The van der Waals surface area contributed by atoms with Gasteiger partial charge in [0.2, 0.25) is 5.95 Å². The summed E-state index contributed by atoms with van der Waals surface area (Å²) in [6.07, 6.45) is -4.65. The first kappa shape index (κ1) is 16.5. The van der Waals surface area contributed by atoms with Crippen molar-refractivity contribution in [2.24, 2.45) is 0 Å². The molecule has 1 amide bonds. The van der Waals surface area contributed by atoms with Gasteiger partial charge in [0.15, 0.2) is 5.69 Å². The van der Waals surface area contributed by atoms with E-state index in [9.17, 15) is 18.0 Å². The minimum Gasteiger partial charge on any atom is -0.399 e. The number of anilines is 3. The highest BCUT2D eigenvalue weighted by Gasteiger charge is 2.34. The fourth-order valence-electron chi connectivity index (χ4n) is 1.76. The Hall–Kier alpha value is -2.84. The van der Waals surface area contributed by atoms with Gasteiger partial charge in [-0.3, -0.25) is 4.79 Å². The molecule has 4 N–H and O–H groups in total. The Balaban J connectivity index is 2.31. The van der Waals surface area contributed by atoms with Crippen LogP contribution in [0.5, 0.6) is 0 Å². The molecule has 0 bridgehead atoms. The lowest BCUT2D eigenvalue weighted by Crippen LogP contribution is -2.17. The SMILES string of the molecule is CCNc1nc(NC(=O)c2cccc(N)c2)cc(C(F)(F)F)n1. The lowest BCUT2D eigenvalue weighted by molar-refractivity contribution is -0.141. The molecule has 1 aromatic carbocycles. The van der Waals surface area contributed by atoms with Crippen molar-refractivity contribution in [1.29, 1.82) is 0 Å². The predicted octanol–water partition coefficient (Wildman–Crippen LogP) is 2.76. The summed E-state index contributed by atoms with van der Waals surface area (Å²) in [7, 11) is 0. The molecule has 0 fully saturated rings. The molecule has 122 valence electrons. The summed E-state index contributed by atoms with van der Waals surface area (Å²) < 4.78 is 38.6. The Morgan fingerprint density at radius 1 is 1.26 bits per heavy atom. The average Bonchev–Trinajstić information content (AvgIpc) is 2.46. The number of alkyl halides is 3. The van der Waals surface area contributed by atoms with E-state index in [1.807, 2.05) is 0 Å². The maximum atomic E-state index is 12.9. The zero-order chi connectivity index (χ0) is 17.0. The molecule has 2 rings (SSSR count). The third-order valence-electron chi connectivity index (χ3n) is 2.74. The van der Waals surface area contributed by atoms with Crippen LogP contribution >= 0.6 is 0 Å². The van der Waals surface area contributed by atoms with Gasteiger partial charge in [0.25, 0.3) is 5.91 Å². The van der Waals surface area contributed by atoms with Crippen molar-refractivity contribution >= 4 is 23.4 Å². The van der Waals surface area contributed by atoms with Crippen LogP contribution in [-0.2, 0) is 6.18 Å². The number of amides is 1. The van der Waals surface area contributed by atoms with Crippen molar-refractivity contribution in [2.75, 3.05) is 22.9 Å². The number of rotatable bonds is 4. The second-order valence-corrected chi connectivity index (χ2v) is 4.57. The minimum absolute atomic E-state index is 0.210. The standard InChI is InChI=1S/C14H14F3N5O/c1-2-19-13-20-10(14(15,16)17)7-11(22-13)21-12(23)8-4-3-5-9(18)6-8/h3-7H,2,18H2,1H3,(H2,19,20,21,22,23). The van der Waals surface area contributed by atoms with Gasteiger partial charge < -0.3 is 16.4 Å². The zero-order valence-electron chi connectivity index (χ0n) is 12.1. The quantitative estimate of drug-likeness (QED) is 0.752. The summed E-state index contributed by atoms with van der Waals surface area (Å²) >= 11 is 0. The van der Waals surface area contributed by atoms with Crippen LogP contribution in [0, 0.1) is 0 Å². The van der Waals surface area contributed by atoms with Gasteiger partial charge in [-0.05, 0) is 25.1 Å². The summed E-state index contributed by atoms with van der Waals surface area (Å²) in [6, 6.07) is 6.72. The third kappa shape index (κ3) is 4.31. The number of hydrogen-bond acceptors (Lipinski definition) is 5. The van der Waals surface area contributed by atoms with Crippen LogP contribution in [0.1, 0.15) is 23.0 Å². The van der Waals surface area contributed by atoms with E-state index >= 15 is 0 Å². The number of carbonyl (C=O) groups is 1. The number of nitrogens with one attached hydrogen (secondary N) is 2. The van der Waals surface area contributed by atoms with Crippen LogP contribution in [0.25, 0.3) is 0 Å². The lowest BCUT2D eigenvalue weighted by atomic mass is 10.2. The topological polar surface area (TPSA) is 92.9 Å². The van der Waals surface area contributed by atoms with Crippen LogP contribution < -0.4 is 16.4 Å². The number of nitrogens with zero attached hydrogens (tertiary/aromatic N) is 2. The number of nitrogens with two attached hydrogens (primary N) is 1. The van der Waals surface area contributed by atoms with E-state index < -0.39 is 17.8 Å². The fraction of sp³-hybridized carbons (Fsp3) is 0.214. The molecule has 1 aromatic heterocycles. The highest BCUT2D eigenvalue weighted by Crippen LogP contribution is 2.29. The molecule has 0 unspecified atom stereocenters. The van der Waals surface area contributed by atoms with Gasteiger partial charge in [-0.2, -0.15) is 18.2 Å². The Bertz CT molecular complexity index is 718. The molecule has 0 saturated carbocycles. The smallest absolute Gasteiger partial charge is 0.399 e. The highest BCUT2D eigenvalue weighted by molar-refractivity contribution is 6.04. The van der Waals surface area contributed by atoms with E-state index in [4.69, 9.17) is 5.73 Å². The van der Waals surface area contributed by atoms with E-state index in [2.05, 4.69) is 20.6 Å². The lowest BCUT2D eigenvalue weighted by Gasteiger charge is -2.11. The van der Waals surface area contributed by atoms with Crippen molar-refractivity contribution < 1.29 is 18.0 Å². The maximum absolute atomic E-state index is 12.9. The molecular formula is C14H14F3N5O. The zero-order valence-corrected chi connectivity index (χ0v) is 12.1. The Morgan fingerprint density at radius 3 is 2.61 bits per heavy atom. The largest absolute Gasteiger partial charge is 0.433 e. The summed E-state index contributed by atoms with van der Waals surface area (Å²) in [4.78, 5) is 19.3. The number of benzene rings is 1. The Kier molecular flexibility index (Phi) is 4.68. The summed E-state index contributed by atoms with van der Waals surface area (Å²) in [5.41, 5.74) is 5.00. The van der Waals surface area contributed by atoms with E-state index in [0.717, 1.165) is 0 Å². The van der Waals surface area contributed by atoms with E-state index in [1.165, 1.54) is 12.1 Å². The predicted molar refractivity (Wildman–Crippen MR) is 80.0 cm³/mol. The monoisotopic (exact) mass is 325 g/mol. The van der Waals surface area contributed by atoms with E-state index in [-0.39, 0.29) is 17.3 Å². The van der Waals surface area contributed by atoms with Crippen molar-refractivity contribution in [3.8, 4) is 0 Å². The first-order valence-corrected chi connectivity index (χ1v) is 6.66. The molecule has 0 radical (unpaired) electrons. The van der Waals surface area contributed by atoms with Gasteiger partial charge in [0.1, 0.15) is 5.82 Å². The van der Waals surface area contributed by atoms with Crippen molar-refractivity contribution in [3.05, 3.63) is 41.6 Å². The van der Waals surface area contributed by atoms with Gasteiger partial charge in [0.05, 0.1) is 0 Å². The molecule has 0 saturated heterocycles. The van der Waals surface area contributed by atoms with Gasteiger partial charge in [-0.15, -0.1) is 0 Å². The number of nitrogen functional groups attached to an aromatic ring is 1. The normalized spacial score (nSPS) is 11.1. The van der Waals surface area contributed by atoms with Crippen LogP contribution in [0.15, 0.2) is 30.3 Å². The molecule has 0 spiro atoms. The Labute approximate surface area is 129 Å². The van der Waals surface area contributed by atoms with Gasteiger partial charge in [0, 0.05) is 23.9 Å². The summed E-state index contributed by atoms with van der Waals surface area (Å²) in [5, 5.41) is 4.90. The van der Waals surface area contributed by atoms with Crippen molar-refractivity contribution in [3.63, 3.8) is 0 Å². The van der Waals surface area contributed by atoms with Gasteiger partial charge >= 0.3 is 6.18 Å². The third-order valence-corrected chi connectivity index (χ3v) is 2.74. The first-order valence-electron chi connectivity index (χ1n) is 6.66. The molecule has 9 heteroatoms. The average molecular weight is 325 g/mol. The summed E-state index contributed by atoms with van der Waals surface area (Å²) in [6.45, 7) is 2.03. The molecule has 0 atom stereocenters. The number of halogens is 3. The molecule has 1 heterocycles. The van der Waals surface area contributed by atoms with Crippen LogP contribution in [-0.4, -0.2) is 22.4 Å². The van der Waals surface area contributed by atoms with E-state index in [0.29, 0.717) is 18.3 Å². The molecular weight excluding hydrogens is 311 g/mol. The molecule has 0 aliphatic carbocycles. The molecule has 6 nitrogen and oxygen atoms in total. The second-order valence-electron chi connectivity index (χ2n) is 4.57. The maximum Gasteiger partial charge on any atom is 0.433 e. The van der Waals surface area contributed by atoms with Crippen LogP contribution in [0.2, 0.25) is 0 Å². The van der Waals surface area contributed by atoms with E-state index in [1.54, 1.807) is 19.1 Å². The fourth-order valence-corrected chi connectivity index (χ4v) is 1.76. The molecule has 0 aliphatic heterocycles. The number of carbonyl (C=O) groups excluding carboxylic acids is 1. The minimum atomic E-state index is -4.65. The molecule has 2 aromatic rings. The van der Waals surface area contributed by atoms with Crippen molar-refractivity contribution in [2.45, 2.75) is 13.1 Å². The second kappa shape index (κ2) is 6.51. The molecule has 23 heavy (non-hydrogen) atoms. The molecule has 0 aliphatic rings. The van der Waals surface area contributed by atoms with Crippen LogP contribution in [0.3, 0.4) is 0 Å². The van der Waals surface area contributed by atoms with Crippen molar-refractivity contribution in [1.82, 2.24) is 9.97 Å². The highest BCUT2D eigenvalue weighted by atomic mass is 19.4. The summed E-state index contributed by atoms with van der Waals surface area (Å²) in [5.74, 6) is -1.09. The van der Waals surface area contributed by atoms with Gasteiger partial charge in [-0.25, -0.2) is 4.98 Å². The Morgan fingerprint density at radius 2 is 2.00 bits per heavy atom. The van der Waals surface area contributed by atoms with Crippen LogP contribution in [0.4, 0.5) is 30.6 Å².